The van der Waals surface area contributed by atoms with Crippen molar-refractivity contribution in [2.45, 2.75) is 11.1 Å². The fourth-order valence-electron chi connectivity index (χ4n) is 3.84. The number of alkyl halides is 5. The van der Waals surface area contributed by atoms with E-state index in [2.05, 4.69) is 36.8 Å². The molecule has 0 radical (unpaired) electrons. The first-order chi connectivity index (χ1) is 16.5. The van der Waals surface area contributed by atoms with Crippen molar-refractivity contribution in [3.63, 3.8) is 0 Å². The van der Waals surface area contributed by atoms with Crippen molar-refractivity contribution in [1.82, 2.24) is 9.29 Å². The van der Waals surface area contributed by atoms with E-state index < -0.39 is 43.0 Å². The molecule has 0 unspecified atom stereocenters. The van der Waals surface area contributed by atoms with Gasteiger partial charge >= 0.3 is 6.18 Å². The number of nitrogens with zero attached hydrogens (tertiary/aromatic N) is 5. The van der Waals surface area contributed by atoms with Gasteiger partial charge in [0, 0.05) is 68.3 Å². The molecule has 15 heteroatoms. The maximum Gasteiger partial charge on any atom is 0.418 e. The molecule has 1 fully saturated rings. The van der Waals surface area contributed by atoms with Crippen LogP contribution < -0.4 is 9.80 Å². The number of nitro groups is 1. The van der Waals surface area contributed by atoms with E-state index in [-0.39, 0.29) is 49.9 Å². The first kappa shape index (κ1) is 27.6. The zero-order valence-electron chi connectivity index (χ0n) is 18.3. The molecule has 0 amide bonds. The average molecular weight is 645 g/mol. The highest BCUT2D eigenvalue weighted by molar-refractivity contribution is 9.09. The summed E-state index contributed by atoms with van der Waals surface area (Å²) in [6.45, 7) is 0.685. The maximum atomic E-state index is 14.1. The maximum absolute atomic E-state index is 14.1. The number of hydrogen-bond acceptors (Lipinski definition) is 7. The van der Waals surface area contributed by atoms with Crippen molar-refractivity contribution in [3.8, 4) is 0 Å². The van der Waals surface area contributed by atoms with E-state index in [0.29, 0.717) is 6.07 Å². The molecule has 0 saturated carbocycles. The Morgan fingerprint density at radius 2 is 1.74 bits per heavy atom. The van der Waals surface area contributed by atoms with E-state index in [9.17, 15) is 31.7 Å². The Bertz CT molecular complexity index is 1140. The van der Waals surface area contributed by atoms with Gasteiger partial charge in [0.2, 0.25) is 10.0 Å². The third-order valence-corrected chi connectivity index (χ3v) is 8.09. The molecule has 1 aromatic heterocycles. The summed E-state index contributed by atoms with van der Waals surface area (Å²) in [6.07, 6.45) is -1.77. The fraction of sp³-hybridized carbons (Fsp3) is 0.450. The van der Waals surface area contributed by atoms with Gasteiger partial charge in [0.1, 0.15) is 4.90 Å². The van der Waals surface area contributed by atoms with Gasteiger partial charge in [-0.2, -0.15) is 17.5 Å². The van der Waals surface area contributed by atoms with Crippen molar-refractivity contribution >= 4 is 58.9 Å². The minimum atomic E-state index is -5.01. The summed E-state index contributed by atoms with van der Waals surface area (Å²) in [5, 5.41) is 12.0. The standard InChI is InChI=1S/C20H22Br2F3N5O4S/c21-3-6-28(7-4-22)19-17(20(23,24)25)12-16(30(31)32)13-18(19)35(33,34)29-10-8-27(9-11-29)15-2-1-5-26-14-15/h1-2,5,12-14H,3-4,6-11H2. The second-order valence-electron chi connectivity index (χ2n) is 7.56. The number of non-ortho nitro benzene ring substituents is 1. The molecule has 9 nitrogen and oxygen atoms in total. The minimum absolute atomic E-state index is 0.00238. The molecule has 0 spiro atoms. The first-order valence-electron chi connectivity index (χ1n) is 10.4. The van der Waals surface area contributed by atoms with Crippen LogP contribution in [0.15, 0.2) is 41.6 Å². The van der Waals surface area contributed by atoms with E-state index in [4.69, 9.17) is 0 Å². The summed E-state index contributed by atoms with van der Waals surface area (Å²) < 4.78 is 70.7. The molecule has 0 N–H and O–H groups in total. The van der Waals surface area contributed by atoms with E-state index in [1.54, 1.807) is 18.5 Å². The molecule has 1 aliphatic rings. The third-order valence-electron chi connectivity index (χ3n) is 5.47. The lowest BCUT2D eigenvalue weighted by Gasteiger charge is -2.36. The molecule has 2 aromatic rings. The Kier molecular flexibility index (Phi) is 8.99. The van der Waals surface area contributed by atoms with Gasteiger partial charge in [0.25, 0.3) is 5.69 Å². The van der Waals surface area contributed by atoms with E-state index in [1.807, 2.05) is 11.0 Å². The molecule has 1 aliphatic heterocycles. The normalized spacial score (nSPS) is 15.3. The van der Waals surface area contributed by atoms with Gasteiger partial charge in [0.05, 0.1) is 28.1 Å². The molecule has 1 saturated heterocycles. The Morgan fingerprint density at radius 3 is 2.23 bits per heavy atom. The summed E-state index contributed by atoms with van der Waals surface area (Å²) in [7, 11) is -4.50. The predicted molar refractivity (Wildman–Crippen MR) is 133 cm³/mol. The Hall–Kier alpha value is -1.97. The Morgan fingerprint density at radius 1 is 1.11 bits per heavy atom. The lowest BCUT2D eigenvalue weighted by atomic mass is 10.1. The third kappa shape index (κ3) is 6.24. The summed E-state index contributed by atoms with van der Waals surface area (Å²) in [5.74, 6) is 0. The summed E-state index contributed by atoms with van der Waals surface area (Å²) in [6, 6.07) is 4.69. The molecule has 35 heavy (non-hydrogen) atoms. The van der Waals surface area contributed by atoms with Crippen LogP contribution in [-0.2, 0) is 16.2 Å². The SMILES string of the molecule is O=[N+]([O-])c1cc(C(F)(F)F)c(N(CCBr)CCBr)c(S(=O)(=O)N2CCN(c3cccnc3)CC2)c1. The number of hydrogen-bond donors (Lipinski definition) is 0. The summed E-state index contributed by atoms with van der Waals surface area (Å²) in [5.41, 5.74) is -2.09. The number of nitro benzene ring substituents is 1. The molecule has 0 atom stereocenters. The summed E-state index contributed by atoms with van der Waals surface area (Å²) >= 11 is 6.39. The van der Waals surface area contributed by atoms with Crippen LogP contribution in [-0.4, -0.2) is 72.6 Å². The van der Waals surface area contributed by atoms with Crippen molar-refractivity contribution in [2.75, 3.05) is 59.7 Å². The van der Waals surface area contributed by atoms with Crippen LogP contribution in [0.5, 0.6) is 0 Å². The highest BCUT2D eigenvalue weighted by atomic mass is 79.9. The van der Waals surface area contributed by atoms with E-state index >= 15 is 0 Å². The number of rotatable bonds is 9. The molecule has 0 bridgehead atoms. The number of halogens is 5. The van der Waals surface area contributed by atoms with Gasteiger partial charge in [0.15, 0.2) is 0 Å². The number of anilines is 2. The van der Waals surface area contributed by atoms with Gasteiger partial charge in [-0.15, -0.1) is 0 Å². The van der Waals surface area contributed by atoms with Gasteiger partial charge < -0.3 is 9.80 Å². The van der Waals surface area contributed by atoms with Crippen molar-refractivity contribution in [1.29, 1.82) is 0 Å². The van der Waals surface area contributed by atoms with Crippen molar-refractivity contribution < 1.29 is 26.5 Å². The monoisotopic (exact) mass is 643 g/mol. The van der Waals surface area contributed by atoms with E-state index in [1.165, 1.54) is 4.90 Å². The predicted octanol–water partition coefficient (Wildman–Crippen LogP) is 4.12. The van der Waals surface area contributed by atoms with Gasteiger partial charge in [-0.1, -0.05) is 31.9 Å². The van der Waals surface area contributed by atoms with Crippen LogP contribution in [0.1, 0.15) is 5.56 Å². The molecular weight excluding hydrogens is 623 g/mol. The molecular formula is C20H22Br2F3N5O4S. The minimum Gasteiger partial charge on any atom is -0.368 e. The van der Waals surface area contributed by atoms with Crippen molar-refractivity contribution in [2.24, 2.45) is 0 Å². The quantitative estimate of drug-likeness (QED) is 0.230. The zero-order chi connectivity index (χ0) is 25.8. The number of benzene rings is 1. The average Bonchev–Trinajstić information content (AvgIpc) is 2.83. The Labute approximate surface area is 217 Å². The van der Waals surface area contributed by atoms with Crippen LogP contribution in [0.2, 0.25) is 0 Å². The van der Waals surface area contributed by atoms with Gasteiger partial charge in [-0.25, -0.2) is 8.42 Å². The Balaban J connectivity index is 2.10. The van der Waals surface area contributed by atoms with Crippen LogP contribution >= 0.6 is 31.9 Å². The smallest absolute Gasteiger partial charge is 0.368 e. The molecule has 2 heterocycles. The molecule has 3 rings (SSSR count). The zero-order valence-corrected chi connectivity index (χ0v) is 22.3. The lowest BCUT2D eigenvalue weighted by molar-refractivity contribution is -0.385. The van der Waals surface area contributed by atoms with Crippen molar-refractivity contribution in [3.05, 3.63) is 52.3 Å². The lowest BCUT2D eigenvalue weighted by Crippen LogP contribution is -2.49. The first-order valence-corrected chi connectivity index (χ1v) is 14.1. The second-order valence-corrected chi connectivity index (χ2v) is 11.1. The summed E-state index contributed by atoms with van der Waals surface area (Å²) in [4.78, 5) is 16.9. The van der Waals surface area contributed by atoms with E-state index in [0.717, 1.165) is 16.1 Å². The molecule has 192 valence electrons. The highest BCUT2D eigenvalue weighted by Gasteiger charge is 2.42. The van der Waals surface area contributed by atoms with Crippen LogP contribution in [0.3, 0.4) is 0 Å². The van der Waals surface area contributed by atoms with Crippen LogP contribution in [0.25, 0.3) is 0 Å². The largest absolute Gasteiger partial charge is 0.418 e. The topological polar surface area (TPSA) is 99.9 Å². The number of piperazine rings is 1. The number of sulfonamides is 1. The molecule has 0 aliphatic carbocycles. The molecule has 1 aromatic carbocycles. The van der Waals surface area contributed by atoms with Gasteiger partial charge in [-0.3, -0.25) is 15.1 Å². The van der Waals surface area contributed by atoms with Crippen LogP contribution in [0.4, 0.5) is 30.2 Å². The fourth-order valence-corrected chi connectivity index (χ4v) is 6.38. The number of aromatic nitrogens is 1. The van der Waals surface area contributed by atoms with Gasteiger partial charge in [-0.05, 0) is 12.1 Å². The van der Waals surface area contributed by atoms with Crippen LogP contribution in [0, 0.1) is 10.1 Å². The second kappa shape index (κ2) is 11.4. The highest BCUT2D eigenvalue weighted by Crippen LogP contribution is 2.44. The number of pyridine rings is 1.